The van der Waals surface area contributed by atoms with E-state index < -0.39 is 0 Å². The van der Waals surface area contributed by atoms with Crippen molar-refractivity contribution in [3.8, 4) is 0 Å². The molecule has 1 atom stereocenters. The molecule has 2 heterocycles. The minimum atomic E-state index is -0.0971. The predicted molar refractivity (Wildman–Crippen MR) is 112 cm³/mol. The van der Waals surface area contributed by atoms with Crippen molar-refractivity contribution in [2.45, 2.75) is 50.8 Å². The second-order valence-corrected chi connectivity index (χ2v) is 8.10. The van der Waals surface area contributed by atoms with E-state index in [9.17, 15) is 4.79 Å². The Morgan fingerprint density at radius 1 is 1.33 bits per heavy atom. The first-order valence-corrected chi connectivity index (χ1v) is 11.3. The third kappa shape index (κ3) is 7.16. The van der Waals surface area contributed by atoms with E-state index in [1.807, 2.05) is 13.0 Å². The van der Waals surface area contributed by atoms with Gasteiger partial charge in [0.15, 0.2) is 0 Å². The third-order valence-corrected chi connectivity index (χ3v) is 6.32. The maximum Gasteiger partial charge on any atom is 0.309 e. The van der Waals surface area contributed by atoms with Gasteiger partial charge in [-0.15, -0.1) is 11.8 Å². The highest BCUT2D eigenvalue weighted by Crippen LogP contribution is 2.35. The van der Waals surface area contributed by atoms with Gasteiger partial charge in [-0.2, -0.15) is 0 Å². The van der Waals surface area contributed by atoms with Crippen LogP contribution in [-0.4, -0.2) is 49.6 Å². The largest absolute Gasteiger partial charge is 0.466 e. The van der Waals surface area contributed by atoms with Crippen LogP contribution in [0.25, 0.3) is 0 Å². The molecule has 2 rings (SSSR count). The van der Waals surface area contributed by atoms with Crippen molar-refractivity contribution < 1.29 is 14.3 Å². The maximum atomic E-state index is 12.3. The van der Waals surface area contributed by atoms with Gasteiger partial charge in [-0.05, 0) is 19.4 Å². The molecule has 1 aliphatic rings. The number of aromatic nitrogens is 1. The second-order valence-electron chi connectivity index (χ2n) is 6.66. The molecule has 1 saturated heterocycles. The van der Waals surface area contributed by atoms with E-state index in [2.05, 4.69) is 16.8 Å². The minimum absolute atomic E-state index is 0.0946. The molecular formula is C20H31ClN2O3S. The molecule has 1 aromatic rings. The van der Waals surface area contributed by atoms with Crippen LogP contribution in [0.2, 0.25) is 5.02 Å². The molecule has 7 heteroatoms. The van der Waals surface area contributed by atoms with E-state index in [1.54, 1.807) is 18.0 Å². The Morgan fingerprint density at radius 2 is 2.11 bits per heavy atom. The highest BCUT2D eigenvalue weighted by Gasteiger charge is 2.22. The molecule has 1 unspecified atom stereocenters. The number of halogens is 1. The van der Waals surface area contributed by atoms with Crippen molar-refractivity contribution in [1.82, 2.24) is 4.98 Å². The number of anilines is 1. The third-order valence-electron chi connectivity index (χ3n) is 4.61. The van der Waals surface area contributed by atoms with Gasteiger partial charge in [-0.3, -0.25) is 4.79 Å². The monoisotopic (exact) mass is 414 g/mol. The predicted octanol–water partition coefficient (Wildman–Crippen LogP) is 4.81. The van der Waals surface area contributed by atoms with Gasteiger partial charge in [-0.1, -0.05) is 44.2 Å². The van der Waals surface area contributed by atoms with Gasteiger partial charge in [-0.25, -0.2) is 4.98 Å². The number of morpholine rings is 1. The molecule has 0 radical (unpaired) electrons. The molecule has 0 bridgehead atoms. The van der Waals surface area contributed by atoms with Crippen molar-refractivity contribution in [1.29, 1.82) is 0 Å². The second kappa shape index (κ2) is 12.5. The summed E-state index contributed by atoms with van der Waals surface area (Å²) < 4.78 is 10.7. The lowest BCUT2D eigenvalue weighted by Gasteiger charge is -2.28. The Bertz CT molecular complexity index is 582. The SMILES string of the molecule is CCCCCCC(CSc1ccnc(N2CCOCC2)c1Cl)C(=O)OCC. The first kappa shape index (κ1) is 22.3. The topological polar surface area (TPSA) is 51.7 Å². The van der Waals surface area contributed by atoms with Crippen LogP contribution >= 0.6 is 23.4 Å². The average molecular weight is 415 g/mol. The maximum absolute atomic E-state index is 12.3. The van der Waals surface area contributed by atoms with Crippen LogP contribution in [0, 0.1) is 5.92 Å². The van der Waals surface area contributed by atoms with E-state index >= 15 is 0 Å². The number of hydrogen-bond acceptors (Lipinski definition) is 6. The summed E-state index contributed by atoms with van der Waals surface area (Å²) in [6, 6.07) is 1.93. The van der Waals surface area contributed by atoms with Crippen LogP contribution < -0.4 is 4.90 Å². The van der Waals surface area contributed by atoms with Gasteiger partial charge < -0.3 is 14.4 Å². The van der Waals surface area contributed by atoms with Crippen molar-refractivity contribution in [2.24, 2.45) is 5.92 Å². The summed E-state index contributed by atoms with van der Waals surface area (Å²) in [5.74, 6) is 1.29. The molecule has 0 N–H and O–H groups in total. The van der Waals surface area contributed by atoms with Crippen molar-refractivity contribution >= 4 is 35.1 Å². The van der Waals surface area contributed by atoms with Gasteiger partial charge in [0.25, 0.3) is 0 Å². The quantitative estimate of drug-likeness (QED) is 0.294. The highest BCUT2D eigenvalue weighted by molar-refractivity contribution is 7.99. The number of unbranched alkanes of at least 4 members (excludes halogenated alkanes) is 3. The summed E-state index contributed by atoms with van der Waals surface area (Å²) in [6.07, 6.45) is 7.28. The Kier molecular flexibility index (Phi) is 10.3. The lowest BCUT2D eigenvalue weighted by molar-refractivity contribution is -0.147. The molecule has 0 saturated carbocycles. The standard InChI is InChI=1S/C20H31ClN2O3S/c1-3-5-6-7-8-16(20(24)26-4-2)15-27-17-9-10-22-19(18(17)21)23-11-13-25-14-12-23/h9-10,16H,3-8,11-15H2,1-2H3. The number of thioether (sulfide) groups is 1. The first-order valence-electron chi connectivity index (χ1n) is 9.94. The van der Waals surface area contributed by atoms with Crippen LogP contribution in [-0.2, 0) is 14.3 Å². The van der Waals surface area contributed by atoms with Gasteiger partial charge in [0.05, 0.1) is 30.8 Å². The number of rotatable bonds is 11. The molecule has 0 aromatic carbocycles. The molecule has 152 valence electrons. The molecule has 0 aliphatic carbocycles. The van der Waals surface area contributed by atoms with Crippen LogP contribution in [0.4, 0.5) is 5.82 Å². The average Bonchev–Trinajstić information content (AvgIpc) is 2.69. The van der Waals surface area contributed by atoms with Gasteiger partial charge >= 0.3 is 5.97 Å². The fraction of sp³-hybridized carbons (Fsp3) is 0.700. The van der Waals surface area contributed by atoms with Crippen molar-refractivity contribution in [2.75, 3.05) is 43.6 Å². The smallest absolute Gasteiger partial charge is 0.309 e. The van der Waals surface area contributed by atoms with Crippen molar-refractivity contribution in [3.05, 3.63) is 17.3 Å². The number of nitrogens with zero attached hydrogens (tertiary/aromatic N) is 2. The zero-order valence-electron chi connectivity index (χ0n) is 16.4. The zero-order chi connectivity index (χ0) is 19.5. The summed E-state index contributed by atoms with van der Waals surface area (Å²) in [5, 5.41) is 0.665. The molecular weight excluding hydrogens is 384 g/mol. The molecule has 1 aromatic heterocycles. The van der Waals surface area contributed by atoms with Gasteiger partial charge in [0.2, 0.25) is 0 Å². The number of ether oxygens (including phenoxy) is 2. The Labute approximate surface area is 172 Å². The van der Waals surface area contributed by atoms with E-state index in [1.165, 1.54) is 12.8 Å². The van der Waals surface area contributed by atoms with E-state index in [0.29, 0.717) is 30.6 Å². The number of carbonyl (C=O) groups excluding carboxylic acids is 1. The Morgan fingerprint density at radius 3 is 2.81 bits per heavy atom. The molecule has 0 amide bonds. The molecule has 1 fully saturated rings. The van der Waals surface area contributed by atoms with Crippen LogP contribution in [0.5, 0.6) is 0 Å². The van der Waals surface area contributed by atoms with E-state index in [4.69, 9.17) is 21.1 Å². The number of hydrogen-bond donors (Lipinski definition) is 0. The van der Waals surface area contributed by atoms with Gasteiger partial charge in [0, 0.05) is 29.9 Å². The molecule has 5 nitrogen and oxygen atoms in total. The van der Waals surface area contributed by atoms with Crippen LogP contribution in [0.15, 0.2) is 17.2 Å². The summed E-state index contributed by atoms with van der Waals surface area (Å²) in [7, 11) is 0. The fourth-order valence-electron chi connectivity index (χ4n) is 3.06. The van der Waals surface area contributed by atoms with E-state index in [-0.39, 0.29) is 11.9 Å². The Balaban J connectivity index is 1.99. The summed E-state index contributed by atoms with van der Waals surface area (Å²) >= 11 is 8.25. The van der Waals surface area contributed by atoms with Crippen molar-refractivity contribution in [3.63, 3.8) is 0 Å². The van der Waals surface area contributed by atoms with Crippen LogP contribution in [0.3, 0.4) is 0 Å². The summed E-state index contributed by atoms with van der Waals surface area (Å²) in [6.45, 7) is 7.44. The fourth-order valence-corrected chi connectivity index (χ4v) is 4.51. The zero-order valence-corrected chi connectivity index (χ0v) is 18.0. The van der Waals surface area contributed by atoms with Crippen LogP contribution in [0.1, 0.15) is 46.0 Å². The Hall–Kier alpha value is -0.980. The van der Waals surface area contributed by atoms with E-state index in [0.717, 1.165) is 43.1 Å². The van der Waals surface area contributed by atoms with Gasteiger partial charge in [0.1, 0.15) is 5.82 Å². The number of esters is 1. The highest BCUT2D eigenvalue weighted by atomic mass is 35.5. The molecule has 27 heavy (non-hydrogen) atoms. The lowest BCUT2D eigenvalue weighted by Crippen LogP contribution is -2.37. The summed E-state index contributed by atoms with van der Waals surface area (Å²) in [4.78, 5) is 19.9. The first-order chi connectivity index (χ1) is 13.2. The molecule has 1 aliphatic heterocycles. The normalized spacial score (nSPS) is 15.6. The summed E-state index contributed by atoms with van der Waals surface area (Å²) in [5.41, 5.74) is 0. The minimum Gasteiger partial charge on any atom is -0.466 e. The number of pyridine rings is 1. The molecule has 0 spiro atoms. The number of carbonyl (C=O) groups is 1. The lowest BCUT2D eigenvalue weighted by atomic mass is 10.0.